The summed E-state index contributed by atoms with van der Waals surface area (Å²) in [5.74, 6) is -1.82. The Morgan fingerprint density at radius 1 is 1.18 bits per heavy atom. The Bertz CT molecular complexity index is 1230. The van der Waals surface area contributed by atoms with E-state index in [-0.39, 0.29) is 25.9 Å². The summed E-state index contributed by atoms with van der Waals surface area (Å²) in [6.45, 7) is 3.78. The van der Waals surface area contributed by atoms with Crippen LogP contribution in [0.5, 0.6) is 5.88 Å². The van der Waals surface area contributed by atoms with Crippen molar-refractivity contribution in [2.24, 2.45) is 4.36 Å². The molecule has 0 radical (unpaired) electrons. The van der Waals surface area contributed by atoms with E-state index in [2.05, 4.69) is 24.6 Å². The number of fused-ring (bicyclic) bond motifs is 1. The molecule has 0 atom stereocenters. The molecule has 0 saturated heterocycles. The van der Waals surface area contributed by atoms with Crippen LogP contribution in [-0.4, -0.2) is 44.2 Å². The van der Waals surface area contributed by atoms with Crippen molar-refractivity contribution in [2.75, 3.05) is 24.4 Å². The van der Waals surface area contributed by atoms with Gasteiger partial charge in [-0.15, -0.1) is 0 Å². The number of nitrogens with zero attached hydrogens (tertiary/aromatic N) is 4. The standard InChI is InChI=1S/C23H29F2N5O2S/c1-5-9-23(24,25)10-7-12-32-22-18(8-6-11-26-22)29-21-20-16(2)13-17(30-33(3,4)31)14-19(20)27-15-28-21/h6,8,11,13-15H,5,7,9-10,12H2,1-4H3,(H,27,28,29). The van der Waals surface area contributed by atoms with Gasteiger partial charge in [0, 0.05) is 46.7 Å². The van der Waals surface area contributed by atoms with Crippen molar-refractivity contribution < 1.29 is 17.7 Å². The van der Waals surface area contributed by atoms with Gasteiger partial charge in [-0.05, 0) is 43.2 Å². The third-order valence-electron chi connectivity index (χ3n) is 4.81. The van der Waals surface area contributed by atoms with Gasteiger partial charge in [0.15, 0.2) is 0 Å². The van der Waals surface area contributed by atoms with Crippen LogP contribution in [0.3, 0.4) is 0 Å². The normalized spacial score (nSPS) is 12.1. The lowest BCUT2D eigenvalue weighted by Crippen LogP contribution is -2.16. The van der Waals surface area contributed by atoms with Gasteiger partial charge < -0.3 is 10.1 Å². The lowest BCUT2D eigenvalue weighted by molar-refractivity contribution is -0.0211. The van der Waals surface area contributed by atoms with Gasteiger partial charge in [-0.3, -0.25) is 0 Å². The van der Waals surface area contributed by atoms with E-state index in [9.17, 15) is 13.0 Å². The van der Waals surface area contributed by atoms with Crippen LogP contribution < -0.4 is 10.1 Å². The van der Waals surface area contributed by atoms with Crippen LogP contribution in [-0.2, 0) is 9.73 Å². The fourth-order valence-electron chi connectivity index (χ4n) is 3.49. The van der Waals surface area contributed by atoms with Gasteiger partial charge in [0.2, 0.25) is 11.8 Å². The molecule has 0 aliphatic carbocycles. The number of ether oxygens (including phenoxy) is 1. The second-order valence-corrected chi connectivity index (χ2v) is 10.7. The second-order valence-electron chi connectivity index (χ2n) is 8.19. The first-order valence-electron chi connectivity index (χ1n) is 10.7. The van der Waals surface area contributed by atoms with Gasteiger partial charge >= 0.3 is 0 Å². The van der Waals surface area contributed by atoms with Crippen molar-refractivity contribution in [2.45, 2.75) is 45.5 Å². The first kappa shape index (κ1) is 24.8. The summed E-state index contributed by atoms with van der Waals surface area (Å²) in [5, 5.41) is 4.01. The lowest BCUT2D eigenvalue weighted by Gasteiger charge is -2.16. The number of hydrogen-bond donors (Lipinski definition) is 1. The van der Waals surface area contributed by atoms with Crippen LogP contribution in [0.2, 0.25) is 0 Å². The molecule has 0 fully saturated rings. The highest BCUT2D eigenvalue weighted by atomic mass is 32.2. The van der Waals surface area contributed by atoms with Gasteiger partial charge in [-0.25, -0.2) is 27.9 Å². The van der Waals surface area contributed by atoms with Crippen molar-refractivity contribution in [1.29, 1.82) is 0 Å². The third kappa shape index (κ3) is 7.05. The largest absolute Gasteiger partial charge is 0.476 e. The first-order valence-corrected chi connectivity index (χ1v) is 13.1. The van der Waals surface area contributed by atoms with Gasteiger partial charge in [-0.1, -0.05) is 13.3 Å². The van der Waals surface area contributed by atoms with E-state index >= 15 is 0 Å². The SMILES string of the molecule is CCCC(F)(F)CCCOc1ncccc1Nc1ncnc2cc(N=S(C)(C)=O)cc(C)c12. The minimum absolute atomic E-state index is 0.119. The van der Waals surface area contributed by atoms with Crippen molar-refractivity contribution in [3.05, 3.63) is 42.4 Å². The molecule has 2 heterocycles. The molecule has 0 amide bonds. The maximum Gasteiger partial charge on any atom is 0.248 e. The van der Waals surface area contributed by atoms with E-state index in [0.29, 0.717) is 35.0 Å². The highest BCUT2D eigenvalue weighted by Crippen LogP contribution is 2.33. The predicted molar refractivity (Wildman–Crippen MR) is 128 cm³/mol. The molecule has 2 aromatic heterocycles. The van der Waals surface area contributed by atoms with Crippen LogP contribution in [0.25, 0.3) is 10.9 Å². The number of pyridine rings is 1. The summed E-state index contributed by atoms with van der Waals surface area (Å²) in [6.07, 6.45) is 6.49. The Kier molecular flexibility index (Phi) is 7.78. The van der Waals surface area contributed by atoms with Crippen LogP contribution in [0.15, 0.2) is 41.2 Å². The molecule has 0 unspecified atom stereocenters. The summed E-state index contributed by atoms with van der Waals surface area (Å²) in [7, 11) is -2.31. The number of rotatable bonds is 10. The maximum atomic E-state index is 13.7. The number of aromatic nitrogens is 3. The summed E-state index contributed by atoms with van der Waals surface area (Å²) in [6, 6.07) is 7.13. The van der Waals surface area contributed by atoms with Crippen molar-refractivity contribution in [3.63, 3.8) is 0 Å². The van der Waals surface area contributed by atoms with Crippen molar-refractivity contribution >= 4 is 37.8 Å². The summed E-state index contributed by atoms with van der Waals surface area (Å²) in [5.41, 5.74) is 2.67. The Balaban J connectivity index is 1.81. The molecule has 3 rings (SSSR count). The molecule has 33 heavy (non-hydrogen) atoms. The number of aryl methyl sites for hydroxylation is 1. The molecule has 0 aliphatic heterocycles. The topological polar surface area (TPSA) is 89.4 Å². The smallest absolute Gasteiger partial charge is 0.248 e. The van der Waals surface area contributed by atoms with Crippen molar-refractivity contribution in [1.82, 2.24) is 15.0 Å². The Morgan fingerprint density at radius 3 is 2.70 bits per heavy atom. The molecule has 7 nitrogen and oxygen atoms in total. The molecule has 1 aromatic carbocycles. The van der Waals surface area contributed by atoms with Crippen LogP contribution in [0, 0.1) is 6.92 Å². The minimum atomic E-state index is -2.67. The van der Waals surface area contributed by atoms with Crippen molar-refractivity contribution in [3.8, 4) is 5.88 Å². The average Bonchev–Trinajstić information content (AvgIpc) is 2.71. The number of halogens is 2. The monoisotopic (exact) mass is 477 g/mol. The Morgan fingerprint density at radius 2 is 1.97 bits per heavy atom. The van der Waals surface area contributed by atoms with E-state index in [1.807, 2.05) is 13.0 Å². The summed E-state index contributed by atoms with van der Waals surface area (Å²) >= 11 is 0. The zero-order valence-electron chi connectivity index (χ0n) is 19.3. The summed E-state index contributed by atoms with van der Waals surface area (Å²) in [4.78, 5) is 12.9. The van der Waals surface area contributed by atoms with E-state index in [1.54, 1.807) is 43.8 Å². The van der Waals surface area contributed by atoms with E-state index < -0.39 is 15.7 Å². The first-order chi connectivity index (χ1) is 15.6. The number of hydrogen-bond acceptors (Lipinski definition) is 7. The number of anilines is 2. The van der Waals surface area contributed by atoms with Crippen LogP contribution >= 0.6 is 0 Å². The van der Waals surface area contributed by atoms with Gasteiger partial charge in [0.05, 0.1) is 17.8 Å². The zero-order chi connectivity index (χ0) is 24.1. The lowest BCUT2D eigenvalue weighted by atomic mass is 10.1. The molecule has 178 valence electrons. The summed E-state index contributed by atoms with van der Waals surface area (Å²) < 4.78 is 49.4. The average molecular weight is 478 g/mol. The van der Waals surface area contributed by atoms with E-state index in [0.717, 1.165) is 10.9 Å². The number of nitrogens with one attached hydrogen (secondary N) is 1. The molecule has 0 saturated carbocycles. The van der Waals surface area contributed by atoms with Crippen LogP contribution in [0.4, 0.5) is 26.0 Å². The molecule has 0 spiro atoms. The highest BCUT2D eigenvalue weighted by Gasteiger charge is 2.26. The number of alkyl halides is 2. The quantitative estimate of drug-likeness (QED) is 0.359. The molecular formula is C23H29F2N5O2S. The highest BCUT2D eigenvalue weighted by molar-refractivity contribution is 7.92. The fraction of sp³-hybridized carbons (Fsp3) is 0.435. The minimum Gasteiger partial charge on any atom is -0.476 e. The van der Waals surface area contributed by atoms with E-state index in [4.69, 9.17) is 4.74 Å². The molecule has 3 aromatic rings. The third-order valence-corrected chi connectivity index (χ3v) is 5.46. The molecule has 0 aliphatic rings. The fourth-order valence-corrected chi connectivity index (χ4v) is 4.11. The maximum absolute atomic E-state index is 13.7. The molecule has 1 N–H and O–H groups in total. The second kappa shape index (κ2) is 10.4. The predicted octanol–water partition coefficient (Wildman–Crippen LogP) is 6.03. The van der Waals surface area contributed by atoms with Crippen LogP contribution in [0.1, 0.15) is 38.2 Å². The molecule has 0 bridgehead atoms. The molecular weight excluding hydrogens is 448 g/mol. The Hall–Kier alpha value is -2.88. The Labute approximate surface area is 193 Å². The van der Waals surface area contributed by atoms with Gasteiger partial charge in [0.25, 0.3) is 0 Å². The zero-order valence-corrected chi connectivity index (χ0v) is 20.1. The van der Waals surface area contributed by atoms with Gasteiger partial charge in [-0.2, -0.15) is 4.36 Å². The van der Waals surface area contributed by atoms with E-state index in [1.165, 1.54) is 6.33 Å². The van der Waals surface area contributed by atoms with Gasteiger partial charge in [0.1, 0.15) is 17.8 Å². The number of benzene rings is 1. The molecule has 10 heteroatoms.